The van der Waals surface area contributed by atoms with E-state index < -0.39 is 0 Å². The second kappa shape index (κ2) is 4.67. The zero-order chi connectivity index (χ0) is 12.7. The van der Waals surface area contributed by atoms with Crippen molar-refractivity contribution in [3.8, 4) is 10.6 Å². The van der Waals surface area contributed by atoms with Crippen molar-refractivity contribution in [3.63, 3.8) is 0 Å². The maximum atomic E-state index is 5.44. The molecular formula is C14H15N3OS. The van der Waals surface area contributed by atoms with Gasteiger partial charge in [-0.15, -0.1) is 10.2 Å². The maximum absolute atomic E-state index is 5.44. The fourth-order valence-electron chi connectivity index (χ4n) is 2.27. The molecule has 0 spiro atoms. The molecule has 1 aromatic heterocycles. The lowest BCUT2D eigenvalue weighted by Crippen LogP contribution is -2.14. The molecule has 0 saturated heterocycles. The Morgan fingerprint density at radius 3 is 3.00 bits per heavy atom. The normalized spacial score (nSPS) is 17.7. The Hall–Kier alpha value is -1.30. The average molecular weight is 273 g/mol. The van der Waals surface area contributed by atoms with E-state index in [1.165, 1.54) is 24.0 Å². The Balaban J connectivity index is 1.54. The van der Waals surface area contributed by atoms with Crippen molar-refractivity contribution in [1.29, 1.82) is 0 Å². The van der Waals surface area contributed by atoms with Crippen LogP contribution < -0.4 is 5.32 Å². The van der Waals surface area contributed by atoms with Crippen molar-refractivity contribution in [2.75, 3.05) is 0 Å². The molecule has 2 aliphatic rings. The van der Waals surface area contributed by atoms with Crippen LogP contribution in [0.3, 0.4) is 0 Å². The number of ether oxygens (including phenoxy) is 1. The molecule has 1 N–H and O–H groups in total. The van der Waals surface area contributed by atoms with E-state index in [1.807, 2.05) is 0 Å². The molecule has 1 fully saturated rings. The highest BCUT2D eigenvalue weighted by molar-refractivity contribution is 7.14. The van der Waals surface area contributed by atoms with E-state index in [0.29, 0.717) is 6.04 Å². The van der Waals surface area contributed by atoms with Crippen molar-refractivity contribution in [2.45, 2.75) is 38.6 Å². The van der Waals surface area contributed by atoms with E-state index in [4.69, 9.17) is 4.74 Å². The van der Waals surface area contributed by atoms with Gasteiger partial charge in [-0.3, -0.25) is 0 Å². The zero-order valence-electron chi connectivity index (χ0n) is 10.6. The molecule has 0 unspecified atom stereocenters. The summed E-state index contributed by atoms with van der Waals surface area (Å²) in [6, 6.07) is 7.15. The molecule has 1 aliphatic heterocycles. The minimum atomic E-state index is 0.712. The quantitative estimate of drug-likeness (QED) is 0.929. The smallest absolute Gasteiger partial charge is 0.147 e. The maximum Gasteiger partial charge on any atom is 0.147 e. The highest BCUT2D eigenvalue weighted by Gasteiger charge is 2.21. The van der Waals surface area contributed by atoms with E-state index in [2.05, 4.69) is 33.7 Å². The van der Waals surface area contributed by atoms with Crippen LogP contribution in [0.2, 0.25) is 0 Å². The summed E-state index contributed by atoms with van der Waals surface area (Å²) in [5.41, 5.74) is 3.73. The lowest BCUT2D eigenvalue weighted by Gasteiger charge is -1.99. The van der Waals surface area contributed by atoms with Gasteiger partial charge in [0.25, 0.3) is 0 Å². The molecule has 0 radical (unpaired) electrons. The number of aromatic nitrogens is 2. The molecule has 1 aliphatic carbocycles. The molecular weight excluding hydrogens is 258 g/mol. The standard InChI is InChI=1S/C14H15N3OS/c1-2-10-7-18-8-11(10)5-9(1)14-17-16-13(19-14)6-15-12-3-4-12/h1-2,5,12,15H,3-4,6-8H2. The number of hydrogen-bond acceptors (Lipinski definition) is 5. The molecule has 1 saturated carbocycles. The van der Waals surface area contributed by atoms with Gasteiger partial charge in [0.15, 0.2) is 0 Å². The SMILES string of the molecule is c1cc2c(cc1-c1nnc(CNC3CC3)s1)COC2. The van der Waals surface area contributed by atoms with Crippen LogP contribution in [0, 0.1) is 0 Å². The summed E-state index contributed by atoms with van der Waals surface area (Å²) in [7, 11) is 0. The van der Waals surface area contributed by atoms with E-state index in [-0.39, 0.29) is 0 Å². The van der Waals surface area contributed by atoms with Gasteiger partial charge in [-0.1, -0.05) is 23.5 Å². The summed E-state index contributed by atoms with van der Waals surface area (Å²) in [6.07, 6.45) is 2.60. The number of nitrogens with one attached hydrogen (secondary N) is 1. The fourth-order valence-corrected chi connectivity index (χ4v) is 3.05. The summed E-state index contributed by atoms with van der Waals surface area (Å²) < 4.78 is 5.44. The van der Waals surface area contributed by atoms with Crippen LogP contribution >= 0.6 is 11.3 Å². The highest BCUT2D eigenvalue weighted by Crippen LogP contribution is 2.29. The first-order valence-corrected chi connectivity index (χ1v) is 7.46. The molecule has 2 aromatic rings. The molecule has 4 rings (SSSR count). The largest absolute Gasteiger partial charge is 0.372 e. The van der Waals surface area contributed by atoms with Crippen LogP contribution in [-0.4, -0.2) is 16.2 Å². The van der Waals surface area contributed by atoms with Crippen LogP contribution in [0.25, 0.3) is 10.6 Å². The first-order chi connectivity index (χ1) is 9.38. The summed E-state index contributed by atoms with van der Waals surface area (Å²) >= 11 is 1.68. The summed E-state index contributed by atoms with van der Waals surface area (Å²) in [6.45, 7) is 2.30. The third-order valence-corrected chi connectivity index (χ3v) is 4.53. The van der Waals surface area contributed by atoms with Gasteiger partial charge in [0.05, 0.1) is 13.2 Å². The Kier molecular flexibility index (Phi) is 2.83. The predicted octanol–water partition coefficient (Wildman–Crippen LogP) is 2.49. The van der Waals surface area contributed by atoms with Crippen LogP contribution in [-0.2, 0) is 24.5 Å². The first-order valence-electron chi connectivity index (χ1n) is 6.64. The third-order valence-electron chi connectivity index (χ3n) is 3.55. The van der Waals surface area contributed by atoms with Gasteiger partial charge in [-0.05, 0) is 30.0 Å². The summed E-state index contributed by atoms with van der Waals surface area (Å²) in [5, 5.41) is 14.1. The van der Waals surface area contributed by atoms with Crippen molar-refractivity contribution in [1.82, 2.24) is 15.5 Å². The van der Waals surface area contributed by atoms with Gasteiger partial charge in [-0.25, -0.2) is 0 Å². The minimum absolute atomic E-state index is 0.712. The predicted molar refractivity (Wildman–Crippen MR) is 73.7 cm³/mol. The summed E-state index contributed by atoms with van der Waals surface area (Å²) in [4.78, 5) is 0. The number of hydrogen-bond donors (Lipinski definition) is 1. The van der Waals surface area contributed by atoms with E-state index >= 15 is 0 Å². The van der Waals surface area contributed by atoms with E-state index in [0.717, 1.165) is 35.3 Å². The monoisotopic (exact) mass is 273 g/mol. The fraction of sp³-hybridized carbons (Fsp3) is 0.429. The molecule has 4 nitrogen and oxygen atoms in total. The number of rotatable bonds is 4. The lowest BCUT2D eigenvalue weighted by atomic mass is 10.1. The van der Waals surface area contributed by atoms with Crippen LogP contribution in [0.15, 0.2) is 18.2 Å². The molecule has 98 valence electrons. The Bertz CT molecular complexity index is 606. The second-order valence-electron chi connectivity index (χ2n) is 5.13. The molecule has 5 heteroatoms. The van der Waals surface area contributed by atoms with Gasteiger partial charge in [0, 0.05) is 18.2 Å². The average Bonchev–Trinajstić information content (AvgIpc) is 2.96. The molecule has 0 bridgehead atoms. The second-order valence-corrected chi connectivity index (χ2v) is 6.19. The van der Waals surface area contributed by atoms with Gasteiger partial charge >= 0.3 is 0 Å². The number of benzene rings is 1. The first kappa shape index (κ1) is 11.5. The number of nitrogens with zero attached hydrogens (tertiary/aromatic N) is 2. The molecule has 2 heterocycles. The zero-order valence-corrected chi connectivity index (χ0v) is 11.4. The van der Waals surface area contributed by atoms with Gasteiger partial charge < -0.3 is 10.1 Å². The van der Waals surface area contributed by atoms with E-state index in [9.17, 15) is 0 Å². The molecule has 19 heavy (non-hydrogen) atoms. The number of fused-ring (bicyclic) bond motifs is 1. The Morgan fingerprint density at radius 1 is 1.21 bits per heavy atom. The highest BCUT2D eigenvalue weighted by atomic mass is 32.1. The van der Waals surface area contributed by atoms with Crippen LogP contribution in [0.5, 0.6) is 0 Å². The molecule has 0 atom stereocenters. The van der Waals surface area contributed by atoms with Crippen molar-refractivity contribution < 1.29 is 4.74 Å². The van der Waals surface area contributed by atoms with Crippen LogP contribution in [0.1, 0.15) is 29.0 Å². The summed E-state index contributed by atoms with van der Waals surface area (Å²) in [5.74, 6) is 0. The van der Waals surface area contributed by atoms with E-state index in [1.54, 1.807) is 11.3 Å². The Labute approximate surface area is 115 Å². The Morgan fingerprint density at radius 2 is 2.11 bits per heavy atom. The van der Waals surface area contributed by atoms with Gasteiger partial charge in [0.2, 0.25) is 0 Å². The third kappa shape index (κ3) is 2.41. The van der Waals surface area contributed by atoms with Crippen molar-refractivity contribution in [3.05, 3.63) is 34.3 Å². The van der Waals surface area contributed by atoms with Crippen LogP contribution in [0.4, 0.5) is 0 Å². The minimum Gasteiger partial charge on any atom is -0.372 e. The molecule has 1 aromatic carbocycles. The topological polar surface area (TPSA) is 47.0 Å². The van der Waals surface area contributed by atoms with Gasteiger partial charge in [0.1, 0.15) is 10.0 Å². The van der Waals surface area contributed by atoms with Crippen molar-refractivity contribution in [2.24, 2.45) is 0 Å². The van der Waals surface area contributed by atoms with Crippen molar-refractivity contribution >= 4 is 11.3 Å². The molecule has 0 amide bonds. The lowest BCUT2D eigenvalue weighted by molar-refractivity contribution is 0.134. The van der Waals surface area contributed by atoms with Gasteiger partial charge in [-0.2, -0.15) is 0 Å².